The lowest BCUT2D eigenvalue weighted by molar-refractivity contribution is 0.200. The monoisotopic (exact) mass is 479 g/mol. The van der Waals surface area contributed by atoms with Crippen molar-refractivity contribution in [1.82, 2.24) is 5.32 Å². The summed E-state index contributed by atoms with van der Waals surface area (Å²) in [6.45, 7) is 4.36. The maximum absolute atomic E-state index is 11.1. The zero-order chi connectivity index (χ0) is 23.5. The van der Waals surface area contributed by atoms with Gasteiger partial charge in [-0.25, -0.2) is 4.99 Å². The van der Waals surface area contributed by atoms with Gasteiger partial charge in [0, 0.05) is 5.70 Å². The summed E-state index contributed by atoms with van der Waals surface area (Å²) in [5.41, 5.74) is 7.58. The third-order valence-corrected chi connectivity index (χ3v) is 10.5. The standard InChI is InChI=1S/C26H33N5S2/c1-3-5-15-32-26(33-16-6-4-2)25(18-28)20-13-10-14-21(20)30-22(19-11-8-7-9-12-19)24(25,17-27)23(29)31-26/h7-9,11-12,22,30H,3-6,10,13-16H2,1-2H3,(H2,29,31)/t22-,24-,25+/m0/s1. The molecule has 0 aromatic heterocycles. The van der Waals surface area contributed by atoms with Crippen LogP contribution in [0.15, 0.2) is 46.6 Å². The summed E-state index contributed by atoms with van der Waals surface area (Å²) in [4.78, 5) is 5.13. The number of allylic oxidation sites excluding steroid dienone is 1. The lowest BCUT2D eigenvalue weighted by Crippen LogP contribution is -2.61. The Balaban J connectivity index is 1.97. The van der Waals surface area contributed by atoms with Crippen molar-refractivity contribution >= 4 is 29.4 Å². The fraction of sp³-hybridized carbons (Fsp3) is 0.577. The molecule has 1 aliphatic carbocycles. The number of nitriles is 2. The van der Waals surface area contributed by atoms with Gasteiger partial charge in [-0.3, -0.25) is 0 Å². The molecule has 0 fully saturated rings. The number of rotatable bonds is 9. The van der Waals surface area contributed by atoms with E-state index in [1.54, 1.807) is 23.5 Å². The van der Waals surface area contributed by atoms with Crippen LogP contribution in [0.2, 0.25) is 0 Å². The molecule has 3 N–H and O–H groups in total. The number of nitrogens with one attached hydrogen (secondary N) is 1. The Bertz CT molecular complexity index is 1010. The number of fused-ring (bicyclic) bond motifs is 2. The molecule has 0 spiro atoms. The molecule has 2 aliphatic heterocycles. The van der Waals surface area contributed by atoms with E-state index in [1.165, 1.54) is 0 Å². The lowest BCUT2D eigenvalue weighted by Gasteiger charge is -2.52. The van der Waals surface area contributed by atoms with E-state index in [0.29, 0.717) is 5.84 Å². The molecule has 0 amide bonds. The van der Waals surface area contributed by atoms with Crippen LogP contribution in [0.25, 0.3) is 0 Å². The molecule has 3 atom stereocenters. The molecule has 33 heavy (non-hydrogen) atoms. The van der Waals surface area contributed by atoms with Crippen molar-refractivity contribution in [2.75, 3.05) is 11.5 Å². The van der Waals surface area contributed by atoms with Gasteiger partial charge in [-0.15, -0.1) is 23.5 Å². The summed E-state index contributed by atoms with van der Waals surface area (Å²) >= 11 is 3.48. The van der Waals surface area contributed by atoms with Gasteiger partial charge in [-0.05, 0) is 54.7 Å². The van der Waals surface area contributed by atoms with E-state index in [0.717, 1.165) is 73.3 Å². The SMILES string of the molecule is CCCCSC1(SCCCC)N=C(N)[C@]2(C#N)[C@H](c3ccccc3)NC3=C(CCC3)[C@@]12C#N. The highest BCUT2D eigenvalue weighted by atomic mass is 32.2. The number of benzene rings is 1. The van der Waals surface area contributed by atoms with Crippen LogP contribution in [0.4, 0.5) is 0 Å². The normalized spacial score (nSPS) is 29.5. The van der Waals surface area contributed by atoms with Gasteiger partial charge in [-0.2, -0.15) is 10.5 Å². The van der Waals surface area contributed by atoms with Crippen molar-refractivity contribution in [3.8, 4) is 12.1 Å². The lowest BCUT2D eigenvalue weighted by atomic mass is 9.55. The molecule has 5 nitrogen and oxygen atoms in total. The van der Waals surface area contributed by atoms with E-state index < -0.39 is 21.1 Å². The molecule has 174 valence electrons. The van der Waals surface area contributed by atoms with Crippen molar-refractivity contribution in [3.05, 3.63) is 47.2 Å². The average Bonchev–Trinajstić information content (AvgIpc) is 3.39. The van der Waals surface area contributed by atoms with Crippen molar-refractivity contribution in [2.45, 2.75) is 69.0 Å². The summed E-state index contributed by atoms with van der Waals surface area (Å²) < 4.78 is -0.814. The molecule has 4 rings (SSSR count). The van der Waals surface area contributed by atoms with Crippen LogP contribution in [0.3, 0.4) is 0 Å². The summed E-state index contributed by atoms with van der Waals surface area (Å²) in [6, 6.07) is 15.0. The summed E-state index contributed by atoms with van der Waals surface area (Å²) in [6.07, 6.45) is 6.94. The second kappa shape index (κ2) is 9.65. The third-order valence-electron chi connectivity index (χ3n) is 7.23. The van der Waals surface area contributed by atoms with Crippen LogP contribution < -0.4 is 11.1 Å². The van der Waals surface area contributed by atoms with Gasteiger partial charge in [0.15, 0.2) is 15.0 Å². The van der Waals surface area contributed by atoms with E-state index in [1.807, 2.05) is 30.3 Å². The molecule has 0 bridgehead atoms. The highest BCUT2D eigenvalue weighted by molar-refractivity contribution is 8.18. The van der Waals surface area contributed by atoms with Crippen LogP contribution >= 0.6 is 23.5 Å². The van der Waals surface area contributed by atoms with E-state index in [-0.39, 0.29) is 0 Å². The first-order valence-electron chi connectivity index (χ1n) is 12.1. The minimum Gasteiger partial charge on any atom is -0.386 e. The Labute approximate surface area is 206 Å². The predicted octanol–water partition coefficient (Wildman–Crippen LogP) is 5.88. The Hall–Kier alpha value is -2.09. The van der Waals surface area contributed by atoms with E-state index in [9.17, 15) is 10.5 Å². The molecule has 0 saturated heterocycles. The predicted molar refractivity (Wildman–Crippen MR) is 138 cm³/mol. The van der Waals surface area contributed by atoms with E-state index >= 15 is 0 Å². The van der Waals surface area contributed by atoms with Gasteiger partial charge in [0.2, 0.25) is 0 Å². The molecule has 2 heterocycles. The van der Waals surface area contributed by atoms with Gasteiger partial charge < -0.3 is 11.1 Å². The van der Waals surface area contributed by atoms with Gasteiger partial charge in [0.05, 0.1) is 18.2 Å². The molecule has 1 aromatic rings. The largest absolute Gasteiger partial charge is 0.386 e. The summed E-state index contributed by atoms with van der Waals surface area (Å²) in [7, 11) is 0. The average molecular weight is 480 g/mol. The van der Waals surface area contributed by atoms with Crippen molar-refractivity contribution in [3.63, 3.8) is 0 Å². The van der Waals surface area contributed by atoms with Crippen LogP contribution in [0.1, 0.15) is 70.4 Å². The second-order valence-corrected chi connectivity index (χ2v) is 11.9. The summed E-state index contributed by atoms with van der Waals surface area (Å²) in [5.74, 6) is 2.09. The number of amidine groups is 1. The number of aliphatic imine (C=N–C) groups is 1. The molecule has 3 aliphatic rings. The maximum Gasteiger partial charge on any atom is 0.178 e. The molecule has 1 aromatic carbocycles. The number of hydrogen-bond donors (Lipinski definition) is 2. The van der Waals surface area contributed by atoms with Crippen molar-refractivity contribution in [2.24, 2.45) is 21.6 Å². The molecule has 0 radical (unpaired) electrons. The number of nitrogens with zero attached hydrogens (tertiary/aromatic N) is 3. The molecular weight excluding hydrogens is 446 g/mol. The number of hydrogen-bond acceptors (Lipinski definition) is 7. The Morgan fingerprint density at radius 1 is 1.06 bits per heavy atom. The smallest absolute Gasteiger partial charge is 0.178 e. The number of thioether (sulfide) groups is 2. The van der Waals surface area contributed by atoms with E-state index in [4.69, 9.17) is 10.7 Å². The maximum atomic E-state index is 11.1. The van der Waals surface area contributed by atoms with Gasteiger partial charge in [-0.1, -0.05) is 57.0 Å². The molecule has 0 unspecified atom stereocenters. The molecular formula is C26H33N5S2. The van der Waals surface area contributed by atoms with Crippen LogP contribution in [-0.2, 0) is 0 Å². The third kappa shape index (κ3) is 3.39. The van der Waals surface area contributed by atoms with Crippen molar-refractivity contribution < 1.29 is 0 Å². The second-order valence-electron chi connectivity index (χ2n) is 9.06. The van der Waals surface area contributed by atoms with Crippen LogP contribution in [-0.4, -0.2) is 21.5 Å². The quantitative estimate of drug-likeness (QED) is 0.339. The fourth-order valence-electron chi connectivity index (χ4n) is 5.61. The first-order chi connectivity index (χ1) is 16.1. The van der Waals surface area contributed by atoms with E-state index in [2.05, 4.69) is 31.3 Å². The topological polar surface area (TPSA) is 98.0 Å². The Morgan fingerprint density at radius 3 is 2.30 bits per heavy atom. The zero-order valence-corrected chi connectivity index (χ0v) is 21.2. The Morgan fingerprint density at radius 2 is 1.73 bits per heavy atom. The van der Waals surface area contributed by atoms with Crippen molar-refractivity contribution in [1.29, 1.82) is 10.5 Å². The molecule has 0 saturated carbocycles. The fourth-order valence-corrected chi connectivity index (χ4v) is 9.28. The zero-order valence-electron chi connectivity index (χ0n) is 19.6. The van der Waals surface area contributed by atoms with Crippen LogP contribution in [0.5, 0.6) is 0 Å². The number of nitrogens with two attached hydrogens (primary N) is 1. The van der Waals surface area contributed by atoms with Gasteiger partial charge in [0.1, 0.15) is 5.84 Å². The summed E-state index contributed by atoms with van der Waals surface area (Å²) in [5, 5.41) is 25.7. The highest BCUT2D eigenvalue weighted by Crippen LogP contribution is 2.72. The number of unbranched alkanes of at least 4 members (excludes halogenated alkanes) is 2. The minimum atomic E-state index is -1.26. The first kappa shape index (κ1) is 24.0. The minimum absolute atomic E-state index is 0.305. The highest BCUT2D eigenvalue weighted by Gasteiger charge is 2.77. The van der Waals surface area contributed by atoms with Crippen LogP contribution in [0, 0.1) is 33.5 Å². The Kier molecular flexibility index (Phi) is 7.03. The van der Waals surface area contributed by atoms with Gasteiger partial charge in [0.25, 0.3) is 0 Å². The first-order valence-corrected chi connectivity index (χ1v) is 14.0. The molecule has 7 heteroatoms. The van der Waals surface area contributed by atoms with Gasteiger partial charge >= 0.3 is 0 Å².